The number of ether oxygens (including phenoxy) is 1. The number of rotatable bonds is 5. The van der Waals surface area contributed by atoms with Gasteiger partial charge in [-0.2, -0.15) is 0 Å². The molecule has 2 aromatic carbocycles. The largest absolute Gasteiger partial charge is 0.396 e. The Balaban J connectivity index is 1.82. The maximum atomic E-state index is 15.5. The Morgan fingerprint density at radius 3 is 2.42 bits per heavy atom. The van der Waals surface area contributed by atoms with Gasteiger partial charge in [-0.25, -0.2) is 0 Å². The molecule has 8 heteroatoms. The van der Waals surface area contributed by atoms with Crippen molar-refractivity contribution in [2.45, 2.75) is 50.2 Å². The molecule has 4 atom stereocenters. The number of aliphatic hydroxyl groups excluding tert-OH is 1. The molecule has 31 heavy (non-hydrogen) atoms. The molecule has 1 fully saturated rings. The molecule has 2 aliphatic heterocycles. The summed E-state index contributed by atoms with van der Waals surface area (Å²) in [6, 6.07) is 14.1. The quantitative estimate of drug-likeness (QED) is 0.257. The van der Waals surface area contributed by atoms with E-state index in [1.807, 2.05) is 49.4 Å². The second-order valence-electron chi connectivity index (χ2n) is 8.96. The van der Waals surface area contributed by atoms with Crippen molar-refractivity contribution >= 4 is 65.2 Å². The monoisotopic (exact) mass is 665 g/mol. The first-order valence-corrected chi connectivity index (χ1v) is 15.5. The second kappa shape index (κ2) is 8.66. The first-order valence-electron chi connectivity index (χ1n) is 10.4. The van der Waals surface area contributed by atoms with Gasteiger partial charge in [0.15, 0.2) is 5.60 Å². The predicted octanol–water partition coefficient (Wildman–Crippen LogP) is 5.60. The zero-order valence-corrected chi connectivity index (χ0v) is 23.1. The zero-order valence-electron chi connectivity index (χ0n) is 17.7. The first-order chi connectivity index (χ1) is 14.6. The number of carbonyl (C=O) groups excluding carboxylic acids is 1. The van der Waals surface area contributed by atoms with Crippen molar-refractivity contribution in [1.82, 2.24) is 0 Å². The first kappa shape index (κ1) is 23.6. The molecule has 1 saturated heterocycles. The maximum absolute atomic E-state index is 15.5. The molecule has 0 unspecified atom stereocenters. The highest BCUT2D eigenvalue weighted by atomic mass is 127. The summed E-state index contributed by atoms with van der Waals surface area (Å²) in [4.78, 5) is 15.8. The van der Waals surface area contributed by atoms with Crippen molar-refractivity contribution in [2.75, 3.05) is 11.5 Å². The summed E-state index contributed by atoms with van der Waals surface area (Å²) in [6.07, 6.45) is -0.139. The predicted molar refractivity (Wildman–Crippen MR) is 139 cm³/mol. The van der Waals surface area contributed by atoms with E-state index in [9.17, 15) is 9.90 Å². The van der Waals surface area contributed by atoms with Gasteiger partial charge in [0, 0.05) is 30.8 Å². The molecule has 2 heterocycles. The fourth-order valence-corrected chi connectivity index (χ4v) is 8.74. The minimum atomic E-state index is -3.16. The number of fused-ring (bicyclic) bond motifs is 2. The molecule has 166 valence electrons. The van der Waals surface area contributed by atoms with E-state index in [1.54, 1.807) is 18.0 Å². The lowest BCUT2D eigenvalue weighted by atomic mass is 9.82. The number of anilines is 1. The van der Waals surface area contributed by atoms with Gasteiger partial charge in [0.25, 0.3) is 5.91 Å². The van der Waals surface area contributed by atoms with Crippen LogP contribution >= 0.6 is 45.2 Å². The topological polar surface area (TPSA) is 49.8 Å². The van der Waals surface area contributed by atoms with Crippen LogP contribution in [-0.4, -0.2) is 32.1 Å². The number of hydrogen-bond donors (Lipinski definition) is 1. The van der Waals surface area contributed by atoms with Gasteiger partial charge in [0.05, 0.1) is 18.3 Å². The van der Waals surface area contributed by atoms with Crippen LogP contribution < -0.4 is 4.90 Å². The molecule has 1 N–H and O–H groups in total. The lowest BCUT2D eigenvalue weighted by molar-refractivity contribution is -0.146. The number of nitrogens with zero attached hydrogens (tertiary/aromatic N) is 1. The van der Waals surface area contributed by atoms with Crippen molar-refractivity contribution in [3.8, 4) is 0 Å². The van der Waals surface area contributed by atoms with E-state index in [1.165, 1.54) is 0 Å². The standard InChI is InChI=1S/C23H26FI2NO3Si/c1-14-21(31(2,3)24)20(10-11-28)30-23(14)18-12-17(26)8-9-19(18)27(22(23)29)13-15-4-6-16(25)7-5-15/h4-9,12,14,20-21,28H,10-11,13H2,1-3H3/t14-,20+,21-,23+/m0/s1. The Kier molecular flexibility index (Phi) is 6.59. The fourth-order valence-electron chi connectivity index (χ4n) is 5.35. The summed E-state index contributed by atoms with van der Waals surface area (Å²) in [5.41, 5.74) is 1.11. The van der Waals surface area contributed by atoms with Crippen LogP contribution in [-0.2, 0) is 21.7 Å². The number of halogens is 3. The SMILES string of the molecule is C[C@H]1[C@H]([Si](C)(C)F)[C@@H](CCO)O[C@]12C(=O)N(Cc1ccc(I)cc1)c1ccc(I)cc12. The third-order valence-corrected chi connectivity index (χ3v) is 10.4. The number of aliphatic hydroxyl groups is 1. The Hall–Kier alpha value is -0.563. The summed E-state index contributed by atoms with van der Waals surface area (Å²) in [6.45, 7) is 5.66. The van der Waals surface area contributed by atoms with E-state index < -0.39 is 20.1 Å². The third-order valence-electron chi connectivity index (χ3n) is 6.59. The van der Waals surface area contributed by atoms with Gasteiger partial charge in [-0.1, -0.05) is 19.1 Å². The Labute approximate surface area is 211 Å². The molecule has 0 radical (unpaired) electrons. The molecular weight excluding hydrogens is 639 g/mol. The van der Waals surface area contributed by atoms with E-state index in [4.69, 9.17) is 4.74 Å². The van der Waals surface area contributed by atoms with Crippen LogP contribution in [0, 0.1) is 13.1 Å². The molecule has 4 rings (SSSR count). The van der Waals surface area contributed by atoms with Crippen LogP contribution in [0.1, 0.15) is 24.5 Å². The molecular formula is C23H26FI2NO3Si. The van der Waals surface area contributed by atoms with Gasteiger partial charge in [-0.3, -0.25) is 4.79 Å². The van der Waals surface area contributed by atoms with Crippen molar-refractivity contribution in [3.63, 3.8) is 0 Å². The summed E-state index contributed by atoms with van der Waals surface area (Å²) < 4.78 is 24.1. The minimum absolute atomic E-state index is 0.0891. The van der Waals surface area contributed by atoms with E-state index in [0.717, 1.165) is 24.0 Å². The zero-order chi connectivity index (χ0) is 22.6. The third kappa shape index (κ3) is 4.00. The highest BCUT2D eigenvalue weighted by Crippen LogP contribution is 2.60. The Morgan fingerprint density at radius 2 is 1.81 bits per heavy atom. The molecule has 0 saturated carbocycles. The molecule has 0 aliphatic carbocycles. The smallest absolute Gasteiger partial charge is 0.264 e. The second-order valence-corrected chi connectivity index (χ2v) is 15.2. The molecule has 2 aromatic rings. The van der Waals surface area contributed by atoms with E-state index >= 15 is 4.11 Å². The molecule has 1 spiro atoms. The summed E-state index contributed by atoms with van der Waals surface area (Å²) in [5, 5.41) is 9.62. The average molecular weight is 665 g/mol. The highest BCUT2D eigenvalue weighted by molar-refractivity contribution is 14.1. The van der Waals surface area contributed by atoms with E-state index in [-0.39, 0.29) is 24.0 Å². The number of hydrogen-bond acceptors (Lipinski definition) is 3. The van der Waals surface area contributed by atoms with Gasteiger partial charge in [-0.15, -0.1) is 0 Å². The number of carbonyl (C=O) groups is 1. The Morgan fingerprint density at radius 1 is 1.16 bits per heavy atom. The lowest BCUT2D eigenvalue weighted by Crippen LogP contribution is -2.45. The maximum Gasteiger partial charge on any atom is 0.264 e. The van der Waals surface area contributed by atoms with Crippen LogP contribution in [0.2, 0.25) is 18.6 Å². The number of amides is 1. The molecule has 1 amide bonds. The van der Waals surface area contributed by atoms with Crippen LogP contribution in [0.5, 0.6) is 0 Å². The molecule has 2 aliphatic rings. The highest BCUT2D eigenvalue weighted by Gasteiger charge is 2.66. The van der Waals surface area contributed by atoms with Gasteiger partial charge >= 0.3 is 0 Å². The molecule has 0 aromatic heterocycles. The summed E-state index contributed by atoms with van der Waals surface area (Å²) in [5.74, 6) is -0.443. The van der Waals surface area contributed by atoms with Crippen molar-refractivity contribution in [3.05, 3.63) is 60.7 Å². The van der Waals surface area contributed by atoms with Gasteiger partial charge in [0.2, 0.25) is 8.41 Å². The van der Waals surface area contributed by atoms with E-state index in [2.05, 4.69) is 45.2 Å². The Bertz CT molecular complexity index is 997. The van der Waals surface area contributed by atoms with Crippen molar-refractivity contribution < 1.29 is 18.7 Å². The van der Waals surface area contributed by atoms with Crippen LogP contribution in [0.15, 0.2) is 42.5 Å². The lowest BCUT2D eigenvalue weighted by Gasteiger charge is -2.31. The minimum Gasteiger partial charge on any atom is -0.396 e. The van der Waals surface area contributed by atoms with Gasteiger partial charge in [0.1, 0.15) is 0 Å². The van der Waals surface area contributed by atoms with Gasteiger partial charge in [-0.05, 0) is 101 Å². The molecule has 0 bridgehead atoms. The molecule has 4 nitrogen and oxygen atoms in total. The summed E-state index contributed by atoms with van der Waals surface area (Å²) in [7, 11) is -3.16. The van der Waals surface area contributed by atoms with Crippen LogP contribution in [0.25, 0.3) is 0 Å². The van der Waals surface area contributed by atoms with E-state index in [0.29, 0.717) is 13.0 Å². The average Bonchev–Trinajstić information content (AvgIpc) is 3.11. The van der Waals surface area contributed by atoms with Crippen LogP contribution in [0.4, 0.5) is 9.80 Å². The van der Waals surface area contributed by atoms with Crippen molar-refractivity contribution in [1.29, 1.82) is 0 Å². The summed E-state index contributed by atoms with van der Waals surface area (Å²) >= 11 is 4.51. The van der Waals surface area contributed by atoms with Crippen LogP contribution in [0.3, 0.4) is 0 Å². The normalized spacial score (nSPS) is 27.9. The fraction of sp³-hybridized carbons (Fsp3) is 0.435. The number of benzene rings is 2. The van der Waals surface area contributed by atoms with Crippen molar-refractivity contribution in [2.24, 2.45) is 5.92 Å². The van der Waals surface area contributed by atoms with Gasteiger partial charge < -0.3 is 18.9 Å².